The molecule has 0 amide bonds. The van der Waals surface area contributed by atoms with Crippen LogP contribution >= 0.6 is 11.6 Å². The molecule has 0 saturated heterocycles. The Bertz CT molecular complexity index is 587. The van der Waals surface area contributed by atoms with Crippen molar-refractivity contribution in [3.63, 3.8) is 0 Å². The van der Waals surface area contributed by atoms with Crippen molar-refractivity contribution in [1.29, 1.82) is 0 Å². The Labute approximate surface area is 122 Å². The van der Waals surface area contributed by atoms with Gasteiger partial charge in [0.15, 0.2) is 5.75 Å². The SMILES string of the molecule is CCCOc1ccc(Oc2cc(Cl)c(F)cc2N)cc1. The van der Waals surface area contributed by atoms with Gasteiger partial charge in [0, 0.05) is 12.1 Å². The van der Waals surface area contributed by atoms with Crippen LogP contribution in [0.5, 0.6) is 17.2 Å². The van der Waals surface area contributed by atoms with Gasteiger partial charge >= 0.3 is 0 Å². The quantitative estimate of drug-likeness (QED) is 0.817. The summed E-state index contributed by atoms with van der Waals surface area (Å²) < 4.78 is 24.2. The summed E-state index contributed by atoms with van der Waals surface area (Å²) >= 11 is 5.70. The van der Waals surface area contributed by atoms with Gasteiger partial charge < -0.3 is 15.2 Å². The highest BCUT2D eigenvalue weighted by Crippen LogP contribution is 2.32. The Hall–Kier alpha value is -1.94. The second-order valence-corrected chi connectivity index (χ2v) is 4.63. The first-order valence-corrected chi connectivity index (χ1v) is 6.63. The normalized spacial score (nSPS) is 10.3. The molecule has 0 atom stereocenters. The third-order valence-electron chi connectivity index (χ3n) is 2.58. The number of hydrogen-bond acceptors (Lipinski definition) is 3. The van der Waals surface area contributed by atoms with E-state index in [4.69, 9.17) is 26.8 Å². The van der Waals surface area contributed by atoms with Crippen LogP contribution in [0.25, 0.3) is 0 Å². The van der Waals surface area contributed by atoms with Crippen molar-refractivity contribution in [2.45, 2.75) is 13.3 Å². The molecule has 2 rings (SSSR count). The minimum atomic E-state index is -0.570. The third-order valence-corrected chi connectivity index (χ3v) is 2.87. The molecule has 3 nitrogen and oxygen atoms in total. The molecule has 2 N–H and O–H groups in total. The van der Waals surface area contributed by atoms with Gasteiger partial charge in [-0.1, -0.05) is 18.5 Å². The fraction of sp³-hybridized carbons (Fsp3) is 0.200. The Morgan fingerprint density at radius 2 is 1.80 bits per heavy atom. The maximum atomic E-state index is 13.2. The van der Waals surface area contributed by atoms with E-state index in [2.05, 4.69) is 0 Å². The van der Waals surface area contributed by atoms with Gasteiger partial charge in [0.25, 0.3) is 0 Å². The number of ether oxygens (including phenoxy) is 2. The zero-order valence-electron chi connectivity index (χ0n) is 11.0. The molecule has 0 fully saturated rings. The predicted molar refractivity (Wildman–Crippen MR) is 78.1 cm³/mol. The summed E-state index contributed by atoms with van der Waals surface area (Å²) in [7, 11) is 0. The van der Waals surface area contributed by atoms with E-state index in [1.54, 1.807) is 24.3 Å². The van der Waals surface area contributed by atoms with Crippen molar-refractivity contribution in [2.75, 3.05) is 12.3 Å². The molecular weight excluding hydrogens is 281 g/mol. The molecule has 0 aliphatic rings. The highest BCUT2D eigenvalue weighted by atomic mass is 35.5. The van der Waals surface area contributed by atoms with Gasteiger partial charge in [-0.05, 0) is 30.7 Å². The van der Waals surface area contributed by atoms with Crippen molar-refractivity contribution < 1.29 is 13.9 Å². The molecule has 2 aromatic rings. The highest BCUT2D eigenvalue weighted by molar-refractivity contribution is 6.31. The zero-order chi connectivity index (χ0) is 14.5. The lowest BCUT2D eigenvalue weighted by Crippen LogP contribution is -1.95. The van der Waals surface area contributed by atoms with Crippen LogP contribution in [0.1, 0.15) is 13.3 Å². The maximum absolute atomic E-state index is 13.2. The van der Waals surface area contributed by atoms with E-state index in [1.807, 2.05) is 6.92 Å². The first-order chi connectivity index (χ1) is 9.60. The Morgan fingerprint density at radius 1 is 1.15 bits per heavy atom. The molecule has 2 aromatic carbocycles. The summed E-state index contributed by atoms with van der Waals surface area (Å²) in [5, 5.41) is -0.0305. The minimum Gasteiger partial charge on any atom is -0.494 e. The average molecular weight is 296 g/mol. The largest absolute Gasteiger partial charge is 0.494 e. The number of nitrogens with two attached hydrogens (primary N) is 1. The summed E-state index contributed by atoms with van der Waals surface area (Å²) in [5.41, 5.74) is 5.88. The first kappa shape index (κ1) is 14.5. The molecule has 0 heterocycles. The molecule has 106 valence electrons. The third kappa shape index (κ3) is 3.54. The Balaban J connectivity index is 2.12. The fourth-order valence-electron chi connectivity index (χ4n) is 1.58. The molecule has 0 aliphatic heterocycles. The maximum Gasteiger partial charge on any atom is 0.151 e. The summed E-state index contributed by atoms with van der Waals surface area (Å²) in [6, 6.07) is 9.59. The van der Waals surface area contributed by atoms with E-state index in [1.165, 1.54) is 6.07 Å². The van der Waals surface area contributed by atoms with Gasteiger partial charge in [-0.25, -0.2) is 4.39 Å². The van der Waals surface area contributed by atoms with E-state index < -0.39 is 5.82 Å². The van der Waals surface area contributed by atoms with Crippen LogP contribution in [0.3, 0.4) is 0 Å². The van der Waals surface area contributed by atoms with Gasteiger partial charge in [-0.15, -0.1) is 0 Å². The molecule has 0 aromatic heterocycles. The van der Waals surface area contributed by atoms with Gasteiger partial charge in [0.1, 0.15) is 17.3 Å². The first-order valence-electron chi connectivity index (χ1n) is 6.25. The molecule has 0 unspecified atom stereocenters. The molecule has 0 radical (unpaired) electrons. The molecule has 0 bridgehead atoms. The topological polar surface area (TPSA) is 44.5 Å². The highest BCUT2D eigenvalue weighted by Gasteiger charge is 2.08. The van der Waals surface area contributed by atoms with Crippen LogP contribution in [0.15, 0.2) is 36.4 Å². The van der Waals surface area contributed by atoms with Gasteiger partial charge in [0.05, 0.1) is 17.3 Å². The fourth-order valence-corrected chi connectivity index (χ4v) is 1.74. The zero-order valence-corrected chi connectivity index (χ0v) is 11.8. The Morgan fingerprint density at radius 3 is 2.45 bits per heavy atom. The van der Waals surface area contributed by atoms with E-state index in [9.17, 15) is 4.39 Å². The van der Waals surface area contributed by atoms with Crippen LogP contribution in [0, 0.1) is 5.82 Å². The molecule has 5 heteroatoms. The number of rotatable bonds is 5. The predicted octanol–water partition coefficient (Wildman–Crippen LogP) is 4.64. The van der Waals surface area contributed by atoms with Crippen molar-refractivity contribution in [2.24, 2.45) is 0 Å². The molecular formula is C15H15ClFNO2. The van der Waals surface area contributed by atoms with Crippen molar-refractivity contribution in [3.05, 3.63) is 47.2 Å². The van der Waals surface area contributed by atoms with E-state index in [0.717, 1.165) is 18.2 Å². The summed E-state index contributed by atoms with van der Waals surface area (Å²) in [4.78, 5) is 0. The van der Waals surface area contributed by atoms with Gasteiger partial charge in [-0.3, -0.25) is 0 Å². The van der Waals surface area contributed by atoms with E-state index in [-0.39, 0.29) is 10.7 Å². The summed E-state index contributed by atoms with van der Waals surface area (Å²) in [6.45, 7) is 2.71. The number of halogens is 2. The molecule has 20 heavy (non-hydrogen) atoms. The van der Waals surface area contributed by atoms with Gasteiger partial charge in [0.2, 0.25) is 0 Å². The van der Waals surface area contributed by atoms with Crippen molar-refractivity contribution in [3.8, 4) is 17.2 Å². The number of nitrogen functional groups attached to an aromatic ring is 1. The van der Waals surface area contributed by atoms with Crippen LogP contribution in [-0.2, 0) is 0 Å². The van der Waals surface area contributed by atoms with Crippen LogP contribution in [0.4, 0.5) is 10.1 Å². The summed E-state index contributed by atoms with van der Waals surface area (Å²) in [6.07, 6.45) is 0.947. The number of anilines is 1. The lowest BCUT2D eigenvalue weighted by molar-refractivity contribution is 0.317. The number of hydrogen-bond donors (Lipinski definition) is 1. The van der Waals surface area contributed by atoms with E-state index in [0.29, 0.717) is 18.1 Å². The summed E-state index contributed by atoms with van der Waals surface area (Å²) in [5.74, 6) is 1.09. The minimum absolute atomic E-state index is 0.0305. The smallest absolute Gasteiger partial charge is 0.151 e. The molecule has 0 aliphatic carbocycles. The van der Waals surface area contributed by atoms with Crippen LogP contribution < -0.4 is 15.2 Å². The van der Waals surface area contributed by atoms with Crippen molar-refractivity contribution in [1.82, 2.24) is 0 Å². The van der Waals surface area contributed by atoms with Crippen LogP contribution in [0.2, 0.25) is 5.02 Å². The number of benzene rings is 2. The van der Waals surface area contributed by atoms with Crippen LogP contribution in [-0.4, -0.2) is 6.61 Å². The average Bonchev–Trinajstić information content (AvgIpc) is 2.44. The Kier molecular flexibility index (Phi) is 4.69. The second-order valence-electron chi connectivity index (χ2n) is 4.23. The molecule has 0 saturated carbocycles. The standard InChI is InChI=1S/C15H15ClFNO2/c1-2-7-19-10-3-5-11(6-4-10)20-15-8-12(16)13(17)9-14(15)18/h3-6,8-9H,2,7,18H2,1H3. The van der Waals surface area contributed by atoms with Crippen molar-refractivity contribution >= 4 is 17.3 Å². The second kappa shape index (κ2) is 6.48. The van der Waals surface area contributed by atoms with Gasteiger partial charge in [-0.2, -0.15) is 0 Å². The lowest BCUT2D eigenvalue weighted by Gasteiger charge is -2.10. The molecule has 0 spiro atoms. The monoisotopic (exact) mass is 295 g/mol. The van der Waals surface area contributed by atoms with E-state index >= 15 is 0 Å². The lowest BCUT2D eigenvalue weighted by atomic mass is 10.3.